The van der Waals surface area contributed by atoms with Crippen LogP contribution >= 0.6 is 0 Å². The normalized spacial score (nSPS) is 39.5. The Labute approximate surface area is 616 Å². The number of methoxy groups -OCH3 is 1. The number of aliphatic hydroxyl groups is 1. The summed E-state index contributed by atoms with van der Waals surface area (Å²) >= 11 is 0. The Morgan fingerprint density at radius 1 is 0.657 bits per heavy atom. The molecule has 1 spiro atoms. The number of hydrogen-bond acceptors (Lipinski definition) is 18. The average Bonchev–Trinajstić information content (AvgIpc) is 1.40. The third-order valence-corrected chi connectivity index (χ3v) is 40.2. The van der Waals surface area contributed by atoms with Gasteiger partial charge >= 0.3 is 12.1 Å². The molecule has 580 valence electrons. The van der Waals surface area contributed by atoms with E-state index in [1.165, 1.54) is 0 Å². The van der Waals surface area contributed by atoms with Crippen molar-refractivity contribution >= 4 is 43.3 Å². The van der Waals surface area contributed by atoms with Gasteiger partial charge in [0.25, 0.3) is 0 Å². The van der Waals surface area contributed by atoms with Gasteiger partial charge in [-0.05, 0) is 167 Å². The molecule has 19 nitrogen and oxygen atoms in total. The lowest BCUT2D eigenvalue weighted by molar-refractivity contribution is -0.303. The first kappa shape index (κ1) is 82.0. The van der Waals surface area contributed by atoms with Gasteiger partial charge in [-0.25, -0.2) is 4.79 Å². The Morgan fingerprint density at radius 2 is 1.29 bits per heavy atom. The van der Waals surface area contributed by atoms with E-state index in [0.717, 1.165) is 75.2 Å². The molecule has 9 heterocycles. The van der Waals surface area contributed by atoms with E-state index in [-0.39, 0.29) is 125 Å². The van der Waals surface area contributed by atoms with Crippen LogP contribution in [0.5, 0.6) is 0 Å². The van der Waals surface area contributed by atoms with Gasteiger partial charge in [-0.1, -0.05) is 114 Å². The fourth-order valence-corrected chi connectivity index (χ4v) is 21.5. The second-order valence-corrected chi connectivity index (χ2v) is 51.4. The van der Waals surface area contributed by atoms with E-state index in [9.17, 15) is 19.5 Å². The Kier molecular flexibility index (Phi) is 26.8. The largest absolute Gasteiger partial charge is 0.459 e. The maximum Gasteiger partial charge on any atom is 0.407 e. The summed E-state index contributed by atoms with van der Waals surface area (Å²) in [5.41, 5.74) is 2.12. The van der Waals surface area contributed by atoms with Crippen LogP contribution in [0.4, 0.5) is 4.79 Å². The predicted molar refractivity (Wildman–Crippen MR) is 402 cm³/mol. The van der Waals surface area contributed by atoms with Crippen molar-refractivity contribution in [3.05, 3.63) is 49.1 Å². The second kappa shape index (κ2) is 33.4. The van der Waals surface area contributed by atoms with Gasteiger partial charge in [-0.2, -0.15) is 0 Å². The van der Waals surface area contributed by atoms with E-state index in [0.29, 0.717) is 64.3 Å². The summed E-state index contributed by atoms with van der Waals surface area (Å²) in [6.45, 7) is 51.8. The summed E-state index contributed by atoms with van der Waals surface area (Å²) in [5.74, 6) is -1.43. The number of amides is 1. The molecule has 1 amide bonds. The highest BCUT2D eigenvalue weighted by Gasteiger charge is 2.62. The summed E-state index contributed by atoms with van der Waals surface area (Å²) in [6.07, 6.45) is 11.6. The molecule has 0 radical (unpaired) electrons. The summed E-state index contributed by atoms with van der Waals surface area (Å²) in [7, 11) is -5.23. The van der Waals surface area contributed by atoms with E-state index < -0.39 is 104 Å². The minimum Gasteiger partial charge on any atom is -0.459 e. The number of hydrogen-bond donors (Lipinski definition) is 2. The number of ether oxygens (including phenoxy) is 11. The van der Waals surface area contributed by atoms with Crippen LogP contribution in [0.25, 0.3) is 0 Å². The molecule has 102 heavy (non-hydrogen) atoms. The van der Waals surface area contributed by atoms with Crippen LogP contribution in [0, 0.1) is 29.6 Å². The number of esters is 1. The molecule has 10 bridgehead atoms. The van der Waals surface area contributed by atoms with Gasteiger partial charge in [0.2, 0.25) is 0 Å². The van der Waals surface area contributed by atoms with Crippen LogP contribution in [0.1, 0.15) is 205 Å². The minimum absolute atomic E-state index is 0.00570. The van der Waals surface area contributed by atoms with Gasteiger partial charge < -0.3 is 80.6 Å². The SMILES string of the molecule is C=CCOC(=O)NC[C@H]1C[C@@H](CCC(C=O)CC/C=C/C(O)C[C@H]2O[C@H]3[C@H](C)[C@H]4OC(=O)C[C@H]5CC[C@@H]6O[C@@H]7C(OC)[C@@H](O[C@@]8(CC[C@H]9CC(=C)[C@H](CC[C@H]%10C[C@@H](C)C(=C)[C@@H](C[C@@H]4O[C@H]3CC2O[Si](C)(C)C(C)(C)C)O%10)O9)CC[C@@H]7O8)[C@H]6O5)[C@@H](O[Si](C)(C)C(C)(C)C)C[C@H]1O[Si](C)(C)C(C)(C)C. The van der Waals surface area contributed by atoms with Crippen LogP contribution in [0.2, 0.25) is 54.4 Å². The highest BCUT2D eigenvalue weighted by molar-refractivity contribution is 6.75. The van der Waals surface area contributed by atoms with E-state index in [1.54, 1.807) is 13.2 Å². The number of allylic oxidation sites excluding steroid dienone is 1. The van der Waals surface area contributed by atoms with Gasteiger partial charge in [0, 0.05) is 63.5 Å². The first-order chi connectivity index (χ1) is 47.8. The minimum atomic E-state index is -2.44. The Hall–Kier alpha value is -2.50. The third-order valence-electron chi connectivity index (χ3n) is 26.7. The fourth-order valence-electron chi connectivity index (χ4n) is 17.4. The van der Waals surface area contributed by atoms with Crippen molar-refractivity contribution in [2.24, 2.45) is 29.6 Å². The maximum absolute atomic E-state index is 14.9. The zero-order chi connectivity index (χ0) is 74.2. The molecular weight excluding hydrogens is 1350 g/mol. The van der Waals surface area contributed by atoms with Gasteiger partial charge in [0.15, 0.2) is 30.7 Å². The van der Waals surface area contributed by atoms with E-state index in [2.05, 4.69) is 140 Å². The molecule has 26 atom stereocenters. The second-order valence-electron chi connectivity index (χ2n) is 37.1. The van der Waals surface area contributed by atoms with E-state index in [4.69, 9.17) is 65.4 Å². The molecule has 1 aliphatic carbocycles. The molecule has 4 unspecified atom stereocenters. The average molecular weight is 1480 g/mol. The summed E-state index contributed by atoms with van der Waals surface area (Å²) in [6, 6.07) is 0. The van der Waals surface area contributed by atoms with Crippen molar-refractivity contribution in [3.8, 4) is 0 Å². The van der Waals surface area contributed by atoms with Crippen molar-refractivity contribution in [3.63, 3.8) is 0 Å². The van der Waals surface area contributed by atoms with E-state index in [1.807, 2.05) is 12.2 Å². The van der Waals surface area contributed by atoms with Crippen LogP contribution in [0.3, 0.4) is 0 Å². The number of aliphatic hydroxyl groups excluding tert-OH is 1. The molecule has 9 saturated heterocycles. The molecule has 0 aromatic carbocycles. The quantitative estimate of drug-likeness (QED) is 0.0473. The van der Waals surface area contributed by atoms with Gasteiger partial charge in [-0.3, -0.25) is 4.79 Å². The molecule has 22 heteroatoms. The van der Waals surface area contributed by atoms with Crippen molar-refractivity contribution in [2.45, 2.75) is 387 Å². The number of aldehydes is 1. The summed E-state index contributed by atoms with van der Waals surface area (Å²) in [4.78, 5) is 40.8. The number of nitrogens with one attached hydrogen (secondary N) is 1. The molecule has 1 saturated carbocycles. The Balaban J connectivity index is 0.844. The lowest BCUT2D eigenvalue weighted by Crippen LogP contribution is -2.64. The molecule has 10 aliphatic rings. The van der Waals surface area contributed by atoms with Crippen LogP contribution in [-0.2, 0) is 75.0 Å². The molecule has 10 rings (SSSR count). The lowest BCUT2D eigenvalue weighted by atomic mass is 9.74. The topological polar surface area (TPSA) is 213 Å². The summed E-state index contributed by atoms with van der Waals surface area (Å²) in [5, 5.41) is 15.0. The molecular formula is C80H135NO18Si3. The lowest BCUT2D eigenvalue weighted by Gasteiger charge is -2.53. The summed E-state index contributed by atoms with van der Waals surface area (Å²) < 4.78 is 96.9. The maximum atomic E-state index is 14.9. The predicted octanol–water partition coefficient (Wildman–Crippen LogP) is 15.3. The Bertz CT molecular complexity index is 2890. The van der Waals surface area contributed by atoms with Crippen LogP contribution in [-0.4, -0.2) is 197 Å². The number of rotatable bonds is 21. The molecule has 2 N–H and O–H groups in total. The van der Waals surface area contributed by atoms with Gasteiger partial charge in [0.05, 0.1) is 98.0 Å². The van der Waals surface area contributed by atoms with Crippen LogP contribution in [0.15, 0.2) is 49.1 Å². The number of carbonyl (C=O) groups is 3. The number of carbonyl (C=O) groups excluding carboxylic acids is 3. The third kappa shape index (κ3) is 19.4. The molecule has 10 fully saturated rings. The van der Waals surface area contributed by atoms with Crippen LogP contribution < -0.4 is 5.32 Å². The van der Waals surface area contributed by atoms with Crippen molar-refractivity contribution < 1.29 is 84.9 Å². The zero-order valence-corrected chi connectivity index (χ0v) is 68.8. The highest BCUT2D eigenvalue weighted by atomic mass is 28.4. The molecule has 9 aliphatic heterocycles. The first-order valence-electron chi connectivity index (χ1n) is 39.5. The highest BCUT2D eigenvalue weighted by Crippen LogP contribution is 2.52. The molecule has 0 aromatic rings. The number of fused-ring (bicyclic) bond motifs is 10. The van der Waals surface area contributed by atoms with Crippen molar-refractivity contribution in [1.29, 1.82) is 0 Å². The monoisotopic (exact) mass is 1480 g/mol. The smallest absolute Gasteiger partial charge is 0.407 e. The van der Waals surface area contributed by atoms with Crippen molar-refractivity contribution in [2.75, 3.05) is 20.3 Å². The number of alkyl carbamates (subject to hydrolysis) is 1. The first-order valence-corrected chi connectivity index (χ1v) is 48.2. The molecule has 0 aromatic heterocycles. The van der Waals surface area contributed by atoms with Crippen molar-refractivity contribution in [1.82, 2.24) is 5.32 Å². The van der Waals surface area contributed by atoms with Gasteiger partial charge in [-0.15, -0.1) is 0 Å². The zero-order valence-electron chi connectivity index (χ0n) is 65.8. The standard InChI is InChI=1S/C80H135NO18Si3/c1-22-37-87-76(85)81-46-54-40-53(63(97-100(16,17)77(6,7)8)44-64(54)98-101(18,19)78(9,10)11)28-27-52(47-82)25-23-24-26-55(83)41-65-66(99-102(20,21)79(12,13)14)45-68-70(93-65)51(5)71-67(91-68)43-62-50(4)48(2)38-56(89-62)29-31-59-49(3)39-58(88-59)33-35-80-36-34-61(95-80)73-74(86-15)75(96-80)72-60(92-73)32-30-57(90-72)42-69(84)94-71/h22,24,26,47-48,51-68,70-75,83H,1,3-4,23,25,27-46H2,2,5-21H3,(H,81,85)/b26-24+/t48-,51+,52?,53-,54-,55?,56+,57-,58+,59+,60+,61+,62-,63+,64-,65-,66?,67+,68+,70+,71-,72+,73+,74?,75+,80+/m1/s1. The van der Waals surface area contributed by atoms with Gasteiger partial charge in [0.1, 0.15) is 43.4 Å². The fraction of sp³-hybridized carbons (Fsp3) is 0.863. The van der Waals surface area contributed by atoms with E-state index >= 15 is 0 Å². The Morgan fingerprint density at radius 3 is 1.96 bits per heavy atom.